The molecule has 0 amide bonds. The van der Waals surface area contributed by atoms with Gasteiger partial charge < -0.3 is 4.74 Å². The molecule has 1 N–H and O–H groups in total. The van der Waals surface area contributed by atoms with Gasteiger partial charge in [-0.05, 0) is 19.8 Å². The fourth-order valence-corrected chi connectivity index (χ4v) is 5.10. The first-order valence-electron chi connectivity index (χ1n) is 6.22. The number of halogens is 1. The van der Waals surface area contributed by atoms with E-state index in [-0.39, 0.29) is 22.3 Å². The van der Waals surface area contributed by atoms with Gasteiger partial charge in [0.1, 0.15) is 0 Å². The Hall–Kier alpha value is -0.670. The van der Waals surface area contributed by atoms with E-state index < -0.39 is 10.0 Å². The summed E-state index contributed by atoms with van der Waals surface area (Å²) in [5.41, 5.74) is 0. The van der Waals surface area contributed by atoms with Crippen LogP contribution in [0.2, 0.25) is 5.15 Å². The molecular formula is C11H14ClN3O3S2. The molecule has 0 saturated carbocycles. The minimum absolute atomic E-state index is 0.00413. The van der Waals surface area contributed by atoms with Crippen molar-refractivity contribution in [1.82, 2.24) is 14.1 Å². The zero-order valence-electron chi connectivity index (χ0n) is 10.7. The Bertz CT molecular complexity index is 724. The van der Waals surface area contributed by atoms with Gasteiger partial charge in [0.15, 0.2) is 15.1 Å². The summed E-state index contributed by atoms with van der Waals surface area (Å²) in [5.74, 6) is 0. The van der Waals surface area contributed by atoms with E-state index in [1.54, 1.807) is 11.6 Å². The maximum atomic E-state index is 12.5. The van der Waals surface area contributed by atoms with Crippen molar-refractivity contribution in [3.05, 3.63) is 16.7 Å². The summed E-state index contributed by atoms with van der Waals surface area (Å²) < 4.78 is 34.6. The molecule has 3 rings (SSSR count). The van der Waals surface area contributed by atoms with Gasteiger partial charge in [-0.15, -0.1) is 11.3 Å². The molecule has 1 fully saturated rings. The summed E-state index contributed by atoms with van der Waals surface area (Å²) in [4.78, 5) is 4.62. The first kappa shape index (κ1) is 14.3. The number of nitrogens with zero attached hydrogens (tertiary/aromatic N) is 2. The van der Waals surface area contributed by atoms with E-state index in [1.807, 2.05) is 6.92 Å². The fraction of sp³-hybridized carbons (Fsp3) is 0.545. The van der Waals surface area contributed by atoms with Crippen molar-refractivity contribution in [2.45, 2.75) is 36.9 Å². The van der Waals surface area contributed by atoms with E-state index in [0.717, 1.165) is 0 Å². The third kappa shape index (κ3) is 2.58. The lowest BCUT2D eigenvalue weighted by Gasteiger charge is -2.27. The molecule has 1 saturated heterocycles. The lowest BCUT2D eigenvalue weighted by molar-refractivity contribution is 0.0173. The highest BCUT2D eigenvalue weighted by atomic mass is 35.5. The maximum Gasteiger partial charge on any atom is 0.260 e. The number of fused-ring (bicyclic) bond motifs is 1. The second-order valence-electron chi connectivity index (χ2n) is 4.79. The van der Waals surface area contributed by atoms with Crippen molar-refractivity contribution in [2.75, 3.05) is 6.61 Å². The number of thiazole rings is 1. The predicted octanol–water partition coefficient (Wildman–Crippen LogP) is 1.90. The first-order chi connectivity index (χ1) is 9.47. The average Bonchev–Trinajstić information content (AvgIpc) is 2.87. The quantitative estimate of drug-likeness (QED) is 0.929. The lowest BCUT2D eigenvalue weighted by Crippen LogP contribution is -2.41. The maximum absolute atomic E-state index is 12.5. The van der Waals surface area contributed by atoms with Crippen molar-refractivity contribution in [1.29, 1.82) is 0 Å². The number of nitrogens with one attached hydrogen (secondary N) is 1. The van der Waals surface area contributed by atoms with Gasteiger partial charge in [0.25, 0.3) is 10.0 Å². The van der Waals surface area contributed by atoms with Gasteiger partial charge >= 0.3 is 0 Å². The van der Waals surface area contributed by atoms with Crippen LogP contribution in [0.4, 0.5) is 0 Å². The van der Waals surface area contributed by atoms with Crippen LogP contribution >= 0.6 is 22.9 Å². The van der Waals surface area contributed by atoms with Crippen LogP contribution in [-0.4, -0.2) is 36.6 Å². The Labute approximate surface area is 125 Å². The van der Waals surface area contributed by atoms with Gasteiger partial charge in [-0.3, -0.25) is 4.40 Å². The topological polar surface area (TPSA) is 72.7 Å². The molecule has 0 aromatic carbocycles. The molecular weight excluding hydrogens is 322 g/mol. The van der Waals surface area contributed by atoms with Gasteiger partial charge in [0, 0.05) is 24.2 Å². The molecule has 20 heavy (non-hydrogen) atoms. The predicted molar refractivity (Wildman–Crippen MR) is 76.8 cm³/mol. The number of hydrogen-bond donors (Lipinski definition) is 1. The van der Waals surface area contributed by atoms with E-state index in [9.17, 15) is 8.42 Å². The first-order valence-corrected chi connectivity index (χ1v) is 8.96. The van der Waals surface area contributed by atoms with Crippen LogP contribution in [0, 0.1) is 0 Å². The van der Waals surface area contributed by atoms with Crippen molar-refractivity contribution in [3.63, 3.8) is 0 Å². The Morgan fingerprint density at radius 3 is 3.15 bits per heavy atom. The SMILES string of the molecule is CC1CC(NS(=O)(=O)c2c(Cl)nc3sccn23)CCO1. The van der Waals surface area contributed by atoms with Gasteiger partial charge in [-0.2, -0.15) is 0 Å². The van der Waals surface area contributed by atoms with Crippen LogP contribution < -0.4 is 4.72 Å². The lowest BCUT2D eigenvalue weighted by atomic mass is 10.1. The molecule has 2 unspecified atom stereocenters. The van der Waals surface area contributed by atoms with Crippen molar-refractivity contribution in [2.24, 2.45) is 0 Å². The van der Waals surface area contributed by atoms with Gasteiger partial charge in [-0.1, -0.05) is 11.6 Å². The highest BCUT2D eigenvalue weighted by Gasteiger charge is 2.29. The van der Waals surface area contributed by atoms with E-state index in [4.69, 9.17) is 16.3 Å². The Morgan fingerprint density at radius 2 is 2.40 bits per heavy atom. The Balaban J connectivity index is 1.91. The zero-order chi connectivity index (χ0) is 14.3. The van der Waals surface area contributed by atoms with Gasteiger partial charge in [-0.25, -0.2) is 18.1 Å². The van der Waals surface area contributed by atoms with E-state index in [0.29, 0.717) is 24.4 Å². The molecule has 110 valence electrons. The van der Waals surface area contributed by atoms with Gasteiger partial charge in [0.05, 0.1) is 6.10 Å². The summed E-state index contributed by atoms with van der Waals surface area (Å²) in [6, 6.07) is -0.135. The zero-order valence-corrected chi connectivity index (χ0v) is 13.1. The average molecular weight is 336 g/mol. The molecule has 2 atom stereocenters. The molecule has 0 aliphatic carbocycles. The third-order valence-corrected chi connectivity index (χ3v) is 5.91. The summed E-state index contributed by atoms with van der Waals surface area (Å²) in [6.45, 7) is 2.49. The van der Waals surface area contributed by atoms with Crippen LogP contribution in [0.5, 0.6) is 0 Å². The Kier molecular flexibility index (Phi) is 3.76. The highest BCUT2D eigenvalue weighted by Crippen LogP contribution is 2.26. The molecule has 0 spiro atoms. The number of hydrogen-bond acceptors (Lipinski definition) is 5. The minimum atomic E-state index is -3.70. The third-order valence-electron chi connectivity index (χ3n) is 3.24. The van der Waals surface area contributed by atoms with Gasteiger partial charge in [0.2, 0.25) is 0 Å². The highest BCUT2D eigenvalue weighted by molar-refractivity contribution is 7.89. The van der Waals surface area contributed by atoms with Crippen LogP contribution in [0.1, 0.15) is 19.8 Å². The normalized spacial score (nSPS) is 24.3. The van der Waals surface area contributed by atoms with E-state index in [2.05, 4.69) is 9.71 Å². The second-order valence-corrected chi connectivity index (χ2v) is 7.65. The summed E-state index contributed by atoms with van der Waals surface area (Å²) in [6.07, 6.45) is 3.02. The fourth-order valence-electron chi connectivity index (χ4n) is 2.36. The standard InChI is InChI=1S/C11H14ClN3O3S2/c1-7-6-8(2-4-18-7)14-20(16,17)10-9(12)13-11-15(10)3-5-19-11/h3,5,7-8,14H,2,4,6H2,1H3. The smallest absolute Gasteiger partial charge is 0.260 e. The van der Waals surface area contributed by atoms with E-state index in [1.165, 1.54) is 15.7 Å². The number of imidazole rings is 1. The molecule has 9 heteroatoms. The number of ether oxygens (including phenoxy) is 1. The summed E-state index contributed by atoms with van der Waals surface area (Å²) in [7, 11) is -3.70. The van der Waals surface area contributed by atoms with Crippen molar-refractivity contribution in [3.8, 4) is 0 Å². The molecule has 6 nitrogen and oxygen atoms in total. The molecule has 3 heterocycles. The number of rotatable bonds is 3. The molecule has 0 bridgehead atoms. The Morgan fingerprint density at radius 1 is 1.60 bits per heavy atom. The monoisotopic (exact) mass is 335 g/mol. The van der Waals surface area contributed by atoms with E-state index >= 15 is 0 Å². The summed E-state index contributed by atoms with van der Waals surface area (Å²) >= 11 is 7.31. The molecule has 1 aliphatic rings. The molecule has 1 aliphatic heterocycles. The number of sulfonamides is 1. The van der Waals surface area contributed by atoms with Crippen molar-refractivity contribution < 1.29 is 13.2 Å². The second kappa shape index (κ2) is 5.27. The number of aromatic nitrogens is 2. The molecule has 0 radical (unpaired) electrons. The van der Waals surface area contributed by atoms with Crippen LogP contribution in [0.3, 0.4) is 0 Å². The molecule has 2 aromatic rings. The van der Waals surface area contributed by atoms with Crippen LogP contribution in [0.15, 0.2) is 16.6 Å². The van der Waals surface area contributed by atoms with Crippen LogP contribution in [-0.2, 0) is 14.8 Å². The minimum Gasteiger partial charge on any atom is -0.378 e. The molecule has 2 aromatic heterocycles. The largest absolute Gasteiger partial charge is 0.378 e. The van der Waals surface area contributed by atoms with Crippen LogP contribution in [0.25, 0.3) is 4.96 Å². The summed E-state index contributed by atoms with van der Waals surface area (Å²) in [5, 5.41) is 1.79. The van der Waals surface area contributed by atoms with Crippen molar-refractivity contribution >= 4 is 37.9 Å².